The predicted molar refractivity (Wildman–Crippen MR) is 84.9 cm³/mol. The maximum Gasteiger partial charge on any atom is 0.0981 e. The first kappa shape index (κ1) is 16.6. The first-order valence-corrected chi connectivity index (χ1v) is 8.17. The molecule has 1 rings (SSSR count). The number of nitrogens with one attached hydrogen (secondary N) is 1. The zero-order valence-electron chi connectivity index (χ0n) is 13.1. The van der Waals surface area contributed by atoms with Crippen LogP contribution in [-0.2, 0) is 12.0 Å². The lowest BCUT2D eigenvalue weighted by molar-refractivity contribution is 0.287. The molecule has 0 saturated carbocycles. The quantitative estimate of drug-likeness (QED) is 0.742. The normalized spacial score (nSPS) is 12.3. The fraction of sp³-hybridized carbons (Fsp3) is 0.800. The molecule has 0 spiro atoms. The standard InChI is InChI=1S/C15H29N3S/c1-6-9-18(7-2)10-8-16-11-13-12-17-14(19-13)15(3,4)5/h12,16H,6-11H2,1-5H3. The van der Waals surface area contributed by atoms with Gasteiger partial charge in [0.05, 0.1) is 5.01 Å². The van der Waals surface area contributed by atoms with Gasteiger partial charge in [-0.25, -0.2) is 4.98 Å². The van der Waals surface area contributed by atoms with Crippen LogP contribution in [0.3, 0.4) is 0 Å². The van der Waals surface area contributed by atoms with Gasteiger partial charge in [0.1, 0.15) is 0 Å². The molecule has 3 nitrogen and oxygen atoms in total. The minimum Gasteiger partial charge on any atom is -0.311 e. The van der Waals surface area contributed by atoms with E-state index in [0.717, 1.165) is 26.2 Å². The van der Waals surface area contributed by atoms with Gasteiger partial charge < -0.3 is 10.2 Å². The molecule has 0 aliphatic carbocycles. The van der Waals surface area contributed by atoms with E-state index in [1.165, 1.54) is 22.9 Å². The summed E-state index contributed by atoms with van der Waals surface area (Å²) in [6.07, 6.45) is 3.25. The Hall–Kier alpha value is -0.450. The third-order valence-corrected chi connectivity index (χ3v) is 4.51. The highest BCUT2D eigenvalue weighted by molar-refractivity contribution is 7.11. The van der Waals surface area contributed by atoms with Crippen LogP contribution in [0.1, 0.15) is 50.9 Å². The zero-order valence-corrected chi connectivity index (χ0v) is 13.9. The highest BCUT2D eigenvalue weighted by Gasteiger charge is 2.17. The number of aromatic nitrogens is 1. The molecule has 0 aliphatic rings. The van der Waals surface area contributed by atoms with Crippen LogP contribution in [0.5, 0.6) is 0 Å². The fourth-order valence-corrected chi connectivity index (χ4v) is 2.87. The minimum absolute atomic E-state index is 0.170. The summed E-state index contributed by atoms with van der Waals surface area (Å²) in [6.45, 7) is 16.6. The van der Waals surface area contributed by atoms with E-state index in [4.69, 9.17) is 0 Å². The molecule has 1 aromatic heterocycles. The number of hydrogen-bond acceptors (Lipinski definition) is 4. The summed E-state index contributed by atoms with van der Waals surface area (Å²) in [6, 6.07) is 0. The molecule has 110 valence electrons. The third-order valence-electron chi connectivity index (χ3n) is 3.09. The molecule has 1 N–H and O–H groups in total. The maximum absolute atomic E-state index is 4.52. The number of thiazole rings is 1. The van der Waals surface area contributed by atoms with Crippen LogP contribution in [0.25, 0.3) is 0 Å². The minimum atomic E-state index is 0.170. The van der Waals surface area contributed by atoms with E-state index in [-0.39, 0.29) is 5.41 Å². The van der Waals surface area contributed by atoms with Crippen molar-refractivity contribution in [2.45, 2.75) is 53.0 Å². The SMILES string of the molecule is CCCN(CC)CCNCc1cnc(C(C)(C)C)s1. The van der Waals surface area contributed by atoms with Gasteiger partial charge in [0.25, 0.3) is 0 Å². The summed E-state index contributed by atoms with van der Waals surface area (Å²) in [4.78, 5) is 8.34. The van der Waals surface area contributed by atoms with Gasteiger partial charge in [-0.1, -0.05) is 34.6 Å². The van der Waals surface area contributed by atoms with Crippen molar-refractivity contribution in [3.63, 3.8) is 0 Å². The summed E-state index contributed by atoms with van der Waals surface area (Å²) in [5.74, 6) is 0. The van der Waals surface area contributed by atoms with Crippen molar-refractivity contribution >= 4 is 11.3 Å². The Bertz CT molecular complexity index is 355. The van der Waals surface area contributed by atoms with Crippen molar-refractivity contribution in [1.29, 1.82) is 0 Å². The molecule has 0 amide bonds. The lowest BCUT2D eigenvalue weighted by Crippen LogP contribution is -2.32. The molecule has 0 bridgehead atoms. The molecule has 0 radical (unpaired) electrons. The maximum atomic E-state index is 4.52. The van der Waals surface area contributed by atoms with Crippen LogP contribution >= 0.6 is 11.3 Å². The lowest BCUT2D eigenvalue weighted by Gasteiger charge is -2.19. The Labute approximate surface area is 122 Å². The van der Waals surface area contributed by atoms with E-state index >= 15 is 0 Å². The molecular formula is C15H29N3S. The summed E-state index contributed by atoms with van der Waals surface area (Å²) in [7, 11) is 0. The summed E-state index contributed by atoms with van der Waals surface area (Å²) in [5, 5.41) is 4.75. The molecule has 0 aliphatic heterocycles. The largest absolute Gasteiger partial charge is 0.311 e. The van der Waals surface area contributed by atoms with E-state index in [0.29, 0.717) is 0 Å². The van der Waals surface area contributed by atoms with Crippen LogP contribution in [0.15, 0.2) is 6.20 Å². The first-order valence-electron chi connectivity index (χ1n) is 7.35. The molecule has 0 unspecified atom stereocenters. The Morgan fingerprint density at radius 2 is 2.00 bits per heavy atom. The van der Waals surface area contributed by atoms with Crippen molar-refractivity contribution in [1.82, 2.24) is 15.2 Å². The molecule has 19 heavy (non-hydrogen) atoms. The zero-order chi connectivity index (χ0) is 14.3. The van der Waals surface area contributed by atoms with Crippen LogP contribution in [0.2, 0.25) is 0 Å². The highest BCUT2D eigenvalue weighted by Crippen LogP contribution is 2.26. The molecule has 1 heterocycles. The smallest absolute Gasteiger partial charge is 0.0981 e. The Morgan fingerprint density at radius 3 is 2.53 bits per heavy atom. The van der Waals surface area contributed by atoms with Crippen molar-refractivity contribution in [3.8, 4) is 0 Å². The van der Waals surface area contributed by atoms with E-state index in [2.05, 4.69) is 49.8 Å². The van der Waals surface area contributed by atoms with Gasteiger partial charge in [0.15, 0.2) is 0 Å². The Balaban J connectivity index is 2.28. The second kappa shape index (κ2) is 7.98. The second-order valence-corrected chi connectivity index (χ2v) is 7.11. The lowest BCUT2D eigenvalue weighted by atomic mass is 9.98. The predicted octanol–water partition coefficient (Wildman–Crippen LogP) is 3.26. The van der Waals surface area contributed by atoms with E-state index in [1.54, 1.807) is 0 Å². The van der Waals surface area contributed by atoms with Gasteiger partial charge in [-0.3, -0.25) is 0 Å². The van der Waals surface area contributed by atoms with Gasteiger partial charge in [0.2, 0.25) is 0 Å². The number of nitrogens with zero attached hydrogens (tertiary/aromatic N) is 2. The van der Waals surface area contributed by atoms with Crippen LogP contribution < -0.4 is 5.32 Å². The Kier molecular flexibility index (Phi) is 6.97. The third kappa shape index (κ3) is 6.02. The van der Waals surface area contributed by atoms with Gasteiger partial charge in [-0.05, 0) is 19.5 Å². The van der Waals surface area contributed by atoms with Gasteiger partial charge in [-0.2, -0.15) is 0 Å². The summed E-state index contributed by atoms with van der Waals surface area (Å²) >= 11 is 1.83. The second-order valence-electron chi connectivity index (χ2n) is 5.99. The van der Waals surface area contributed by atoms with Gasteiger partial charge in [-0.15, -0.1) is 11.3 Å². The number of likely N-dealkylation sites (N-methyl/N-ethyl adjacent to an activating group) is 1. The molecule has 4 heteroatoms. The van der Waals surface area contributed by atoms with Crippen molar-refractivity contribution in [2.24, 2.45) is 0 Å². The van der Waals surface area contributed by atoms with Crippen LogP contribution in [0, 0.1) is 0 Å². The topological polar surface area (TPSA) is 28.2 Å². The van der Waals surface area contributed by atoms with Crippen LogP contribution in [0.4, 0.5) is 0 Å². The number of rotatable bonds is 8. The van der Waals surface area contributed by atoms with E-state index in [1.807, 2.05) is 17.5 Å². The van der Waals surface area contributed by atoms with Crippen molar-refractivity contribution in [2.75, 3.05) is 26.2 Å². The molecular weight excluding hydrogens is 254 g/mol. The van der Waals surface area contributed by atoms with Crippen molar-refractivity contribution in [3.05, 3.63) is 16.1 Å². The van der Waals surface area contributed by atoms with E-state index < -0.39 is 0 Å². The monoisotopic (exact) mass is 283 g/mol. The summed E-state index contributed by atoms with van der Waals surface area (Å²) < 4.78 is 0. The van der Waals surface area contributed by atoms with Gasteiger partial charge >= 0.3 is 0 Å². The summed E-state index contributed by atoms with van der Waals surface area (Å²) in [5.41, 5.74) is 0.170. The number of hydrogen-bond donors (Lipinski definition) is 1. The van der Waals surface area contributed by atoms with Gasteiger partial charge in [0, 0.05) is 36.1 Å². The molecule has 0 atom stereocenters. The molecule has 0 fully saturated rings. The molecule has 0 saturated heterocycles. The molecule has 1 aromatic rings. The van der Waals surface area contributed by atoms with Crippen molar-refractivity contribution < 1.29 is 0 Å². The van der Waals surface area contributed by atoms with E-state index in [9.17, 15) is 0 Å². The molecule has 0 aromatic carbocycles. The average molecular weight is 283 g/mol. The first-order chi connectivity index (χ1) is 8.97. The average Bonchev–Trinajstić information content (AvgIpc) is 2.81. The van der Waals surface area contributed by atoms with Crippen LogP contribution in [-0.4, -0.2) is 36.1 Å². The Morgan fingerprint density at radius 1 is 1.26 bits per heavy atom. The highest BCUT2D eigenvalue weighted by atomic mass is 32.1. The fourth-order valence-electron chi connectivity index (χ4n) is 1.93.